The number of rotatable bonds is 3. The van der Waals surface area contributed by atoms with E-state index in [2.05, 4.69) is 10.2 Å². The van der Waals surface area contributed by atoms with Gasteiger partial charge in [-0.25, -0.2) is 0 Å². The first-order chi connectivity index (χ1) is 8.22. The van der Waals surface area contributed by atoms with Crippen LogP contribution in [0.5, 0.6) is 0 Å². The van der Waals surface area contributed by atoms with Crippen molar-refractivity contribution in [3.63, 3.8) is 0 Å². The van der Waals surface area contributed by atoms with Crippen LogP contribution in [0.1, 0.15) is 51.4 Å². The largest absolute Gasteiger partial charge is 0.343 e. The molecule has 0 aromatic rings. The fourth-order valence-corrected chi connectivity index (χ4v) is 3.39. The van der Waals surface area contributed by atoms with Crippen molar-refractivity contribution in [2.24, 2.45) is 5.92 Å². The Balaban J connectivity index is 1.83. The van der Waals surface area contributed by atoms with Crippen LogP contribution in [0.15, 0.2) is 0 Å². The van der Waals surface area contributed by atoms with Crippen LogP contribution in [0.3, 0.4) is 0 Å². The van der Waals surface area contributed by atoms with Crippen LogP contribution in [0.25, 0.3) is 0 Å². The molecule has 0 spiro atoms. The first kappa shape index (κ1) is 12.9. The predicted octanol–water partition coefficient (Wildman–Crippen LogP) is 2.17. The van der Waals surface area contributed by atoms with Gasteiger partial charge in [0.2, 0.25) is 5.91 Å². The predicted molar refractivity (Wildman–Crippen MR) is 69.8 cm³/mol. The molecule has 3 nitrogen and oxygen atoms in total. The van der Waals surface area contributed by atoms with Gasteiger partial charge in [-0.3, -0.25) is 4.79 Å². The van der Waals surface area contributed by atoms with Crippen LogP contribution < -0.4 is 5.32 Å². The number of carbonyl (C=O) groups excluding carboxylic acids is 1. The van der Waals surface area contributed by atoms with Gasteiger partial charge < -0.3 is 10.2 Å². The van der Waals surface area contributed by atoms with Crippen LogP contribution in [-0.4, -0.2) is 37.0 Å². The third kappa shape index (κ3) is 3.01. The lowest BCUT2D eigenvalue weighted by molar-refractivity contribution is -0.137. The third-order valence-corrected chi connectivity index (χ3v) is 4.70. The fraction of sp³-hybridized carbons (Fsp3) is 0.929. The molecule has 0 aromatic carbocycles. The van der Waals surface area contributed by atoms with Crippen LogP contribution >= 0.6 is 0 Å². The summed E-state index contributed by atoms with van der Waals surface area (Å²) in [5.41, 5.74) is 0. The van der Waals surface area contributed by atoms with Gasteiger partial charge in [0.05, 0.1) is 0 Å². The molecule has 0 unspecified atom stereocenters. The summed E-state index contributed by atoms with van der Waals surface area (Å²) in [6.07, 6.45) is 9.49. The summed E-state index contributed by atoms with van der Waals surface area (Å²) in [4.78, 5) is 14.4. The molecule has 2 aliphatic carbocycles. The Morgan fingerprint density at radius 1 is 1.06 bits per heavy atom. The highest BCUT2D eigenvalue weighted by Gasteiger charge is 2.31. The Morgan fingerprint density at radius 3 is 2.18 bits per heavy atom. The summed E-state index contributed by atoms with van der Waals surface area (Å²) < 4.78 is 0. The molecular weight excluding hydrogens is 212 g/mol. The van der Waals surface area contributed by atoms with E-state index >= 15 is 0 Å². The first-order valence-corrected chi connectivity index (χ1v) is 7.16. The zero-order valence-electron chi connectivity index (χ0n) is 11.2. The quantitative estimate of drug-likeness (QED) is 0.817. The van der Waals surface area contributed by atoms with Crippen molar-refractivity contribution in [1.82, 2.24) is 10.2 Å². The van der Waals surface area contributed by atoms with Gasteiger partial charge in [0.1, 0.15) is 0 Å². The normalized spacial score (nSPS) is 30.5. The summed E-state index contributed by atoms with van der Waals surface area (Å²) in [5, 5.41) is 3.32. The number of nitrogens with one attached hydrogen (secondary N) is 1. The molecule has 1 amide bonds. The molecule has 2 rings (SSSR count). The van der Waals surface area contributed by atoms with Gasteiger partial charge in [-0.1, -0.05) is 12.8 Å². The van der Waals surface area contributed by atoms with Crippen molar-refractivity contribution in [3.8, 4) is 0 Å². The smallest absolute Gasteiger partial charge is 0.225 e. The summed E-state index contributed by atoms with van der Waals surface area (Å²) in [5.74, 6) is 0.705. The van der Waals surface area contributed by atoms with Crippen LogP contribution in [-0.2, 0) is 4.79 Å². The van der Waals surface area contributed by atoms with Crippen LogP contribution in [0, 0.1) is 5.92 Å². The second-order valence-electron chi connectivity index (χ2n) is 5.72. The van der Waals surface area contributed by atoms with E-state index in [1.165, 1.54) is 25.7 Å². The standard InChI is InChI=1S/C14H26N2O/c1-15-12-9-7-11(8-10-12)14(17)16(2)13-5-3-4-6-13/h11-13,15H,3-10H2,1-2H3. The molecule has 0 atom stereocenters. The van der Waals surface area contributed by atoms with E-state index in [0.29, 0.717) is 23.9 Å². The van der Waals surface area contributed by atoms with E-state index in [4.69, 9.17) is 0 Å². The van der Waals surface area contributed by atoms with Gasteiger partial charge in [0.25, 0.3) is 0 Å². The second-order valence-corrected chi connectivity index (χ2v) is 5.72. The maximum absolute atomic E-state index is 12.4. The summed E-state index contributed by atoms with van der Waals surface area (Å²) in [6, 6.07) is 1.17. The molecule has 0 bridgehead atoms. The summed E-state index contributed by atoms with van der Waals surface area (Å²) >= 11 is 0. The van der Waals surface area contributed by atoms with Crippen molar-refractivity contribution < 1.29 is 4.79 Å². The minimum atomic E-state index is 0.296. The zero-order valence-corrected chi connectivity index (χ0v) is 11.2. The Labute approximate surface area is 105 Å². The Hall–Kier alpha value is -0.570. The maximum atomic E-state index is 12.4. The van der Waals surface area contributed by atoms with Gasteiger partial charge in [-0.05, 0) is 45.6 Å². The Bertz CT molecular complexity index is 253. The van der Waals surface area contributed by atoms with Gasteiger partial charge in [-0.15, -0.1) is 0 Å². The van der Waals surface area contributed by atoms with E-state index in [1.807, 2.05) is 14.1 Å². The molecule has 0 radical (unpaired) electrons. The number of amides is 1. The van der Waals surface area contributed by atoms with E-state index in [-0.39, 0.29) is 0 Å². The molecule has 0 aromatic heterocycles. The molecule has 3 heteroatoms. The lowest BCUT2D eigenvalue weighted by Gasteiger charge is -2.33. The minimum Gasteiger partial charge on any atom is -0.343 e. The molecule has 2 aliphatic rings. The van der Waals surface area contributed by atoms with E-state index in [1.54, 1.807) is 0 Å². The molecule has 2 saturated carbocycles. The van der Waals surface area contributed by atoms with Gasteiger partial charge in [-0.2, -0.15) is 0 Å². The average Bonchev–Trinajstić information content (AvgIpc) is 2.91. The highest BCUT2D eigenvalue weighted by Crippen LogP contribution is 2.29. The average molecular weight is 238 g/mol. The lowest BCUT2D eigenvalue weighted by Crippen LogP contribution is -2.42. The van der Waals surface area contributed by atoms with Crippen molar-refractivity contribution in [1.29, 1.82) is 0 Å². The second kappa shape index (κ2) is 5.85. The number of hydrogen-bond acceptors (Lipinski definition) is 2. The molecule has 0 heterocycles. The molecule has 1 N–H and O–H groups in total. The van der Waals surface area contributed by atoms with Crippen LogP contribution in [0.4, 0.5) is 0 Å². The Kier molecular flexibility index (Phi) is 4.43. The maximum Gasteiger partial charge on any atom is 0.225 e. The summed E-state index contributed by atoms with van der Waals surface area (Å²) in [6.45, 7) is 0. The molecule has 0 aliphatic heterocycles. The molecular formula is C14H26N2O. The first-order valence-electron chi connectivity index (χ1n) is 7.16. The fourth-order valence-electron chi connectivity index (χ4n) is 3.39. The van der Waals surface area contributed by atoms with Crippen molar-refractivity contribution >= 4 is 5.91 Å². The third-order valence-electron chi connectivity index (χ3n) is 4.70. The van der Waals surface area contributed by atoms with Gasteiger partial charge in [0, 0.05) is 25.0 Å². The van der Waals surface area contributed by atoms with Gasteiger partial charge in [0.15, 0.2) is 0 Å². The number of carbonyl (C=O) groups is 1. The van der Waals surface area contributed by atoms with Crippen molar-refractivity contribution in [3.05, 3.63) is 0 Å². The number of nitrogens with zero attached hydrogens (tertiary/aromatic N) is 1. The van der Waals surface area contributed by atoms with E-state index < -0.39 is 0 Å². The molecule has 2 fully saturated rings. The highest BCUT2D eigenvalue weighted by molar-refractivity contribution is 5.79. The zero-order chi connectivity index (χ0) is 12.3. The highest BCUT2D eigenvalue weighted by atomic mass is 16.2. The molecule has 17 heavy (non-hydrogen) atoms. The van der Waals surface area contributed by atoms with Crippen LogP contribution in [0.2, 0.25) is 0 Å². The molecule has 98 valence electrons. The SMILES string of the molecule is CNC1CCC(C(=O)N(C)C2CCCC2)CC1. The Morgan fingerprint density at radius 2 is 1.65 bits per heavy atom. The monoisotopic (exact) mass is 238 g/mol. The van der Waals surface area contributed by atoms with E-state index in [0.717, 1.165) is 25.7 Å². The molecule has 0 saturated heterocycles. The van der Waals surface area contributed by atoms with E-state index in [9.17, 15) is 4.79 Å². The lowest BCUT2D eigenvalue weighted by atomic mass is 9.85. The van der Waals surface area contributed by atoms with Crippen molar-refractivity contribution in [2.75, 3.05) is 14.1 Å². The van der Waals surface area contributed by atoms with Crippen molar-refractivity contribution in [2.45, 2.75) is 63.5 Å². The topological polar surface area (TPSA) is 32.3 Å². The summed E-state index contributed by atoms with van der Waals surface area (Å²) in [7, 11) is 4.04. The minimum absolute atomic E-state index is 0.296. The number of hydrogen-bond donors (Lipinski definition) is 1. The van der Waals surface area contributed by atoms with Gasteiger partial charge >= 0.3 is 0 Å².